The fourth-order valence-corrected chi connectivity index (χ4v) is 3.31. The minimum atomic E-state index is -0.375. The lowest BCUT2D eigenvalue weighted by atomic mass is 10.0. The monoisotopic (exact) mass is 413 g/mol. The van der Waals surface area contributed by atoms with Crippen LogP contribution in [0.25, 0.3) is 11.1 Å². The molecule has 30 heavy (non-hydrogen) atoms. The maximum Gasteiger partial charge on any atom is 0.220 e. The van der Waals surface area contributed by atoms with Crippen molar-refractivity contribution in [2.75, 3.05) is 7.11 Å². The lowest BCUT2D eigenvalue weighted by molar-refractivity contribution is -0.121. The van der Waals surface area contributed by atoms with Gasteiger partial charge in [-0.2, -0.15) is 5.10 Å². The van der Waals surface area contributed by atoms with E-state index >= 15 is 0 Å². The summed E-state index contributed by atoms with van der Waals surface area (Å²) in [6.45, 7) is 4.04. The van der Waals surface area contributed by atoms with E-state index in [9.17, 15) is 13.6 Å². The normalized spacial score (nSPS) is 11.9. The third-order valence-electron chi connectivity index (χ3n) is 5.06. The van der Waals surface area contributed by atoms with Crippen LogP contribution in [0.2, 0.25) is 0 Å². The Hall–Kier alpha value is -3.22. The van der Waals surface area contributed by atoms with Gasteiger partial charge in [-0.15, -0.1) is 0 Å². The first kappa shape index (κ1) is 21.5. The topological polar surface area (TPSA) is 56.1 Å². The molecular weight excluding hydrogens is 388 g/mol. The van der Waals surface area contributed by atoms with Crippen LogP contribution in [-0.2, 0) is 11.3 Å². The average molecular weight is 413 g/mol. The van der Waals surface area contributed by atoms with Crippen LogP contribution in [0.4, 0.5) is 8.78 Å². The zero-order valence-corrected chi connectivity index (χ0v) is 17.3. The second-order valence-electron chi connectivity index (χ2n) is 7.29. The average Bonchev–Trinajstić information content (AvgIpc) is 3.20. The Bertz CT molecular complexity index is 1030. The van der Waals surface area contributed by atoms with E-state index in [1.807, 2.05) is 20.0 Å². The molecule has 5 nitrogen and oxygen atoms in total. The maximum atomic E-state index is 13.4. The quantitative estimate of drug-likeness (QED) is 0.577. The van der Waals surface area contributed by atoms with Gasteiger partial charge in [0.05, 0.1) is 13.3 Å². The van der Waals surface area contributed by atoms with Crippen LogP contribution in [0.5, 0.6) is 5.75 Å². The molecule has 0 bridgehead atoms. The number of rotatable bonds is 8. The first-order chi connectivity index (χ1) is 14.4. The van der Waals surface area contributed by atoms with Gasteiger partial charge in [-0.1, -0.05) is 6.07 Å². The Kier molecular flexibility index (Phi) is 6.82. The molecule has 1 unspecified atom stereocenters. The van der Waals surface area contributed by atoms with Gasteiger partial charge in [0.15, 0.2) is 0 Å². The molecule has 0 radical (unpaired) electrons. The zero-order valence-electron chi connectivity index (χ0n) is 17.3. The number of amides is 1. The predicted molar refractivity (Wildman–Crippen MR) is 111 cm³/mol. The number of hydrogen-bond donors (Lipinski definition) is 1. The second kappa shape index (κ2) is 9.52. The van der Waals surface area contributed by atoms with Gasteiger partial charge >= 0.3 is 0 Å². The zero-order chi connectivity index (χ0) is 21.7. The molecule has 0 aliphatic heterocycles. The van der Waals surface area contributed by atoms with Crippen LogP contribution in [0.1, 0.15) is 36.9 Å². The highest BCUT2D eigenvalue weighted by atomic mass is 19.1. The lowest BCUT2D eigenvalue weighted by Crippen LogP contribution is -2.23. The highest BCUT2D eigenvalue weighted by Gasteiger charge is 2.13. The number of carbonyl (C=O) groups is 1. The van der Waals surface area contributed by atoms with E-state index in [1.54, 1.807) is 16.9 Å². The van der Waals surface area contributed by atoms with Crippen LogP contribution in [0, 0.1) is 18.6 Å². The third kappa shape index (κ3) is 5.23. The number of benzene rings is 2. The fourth-order valence-electron chi connectivity index (χ4n) is 3.31. The summed E-state index contributed by atoms with van der Waals surface area (Å²) in [5.41, 5.74) is 3.26. The minimum absolute atomic E-state index is 0.00830. The fraction of sp³-hybridized carbons (Fsp3) is 0.304. The van der Waals surface area contributed by atoms with Crippen molar-refractivity contribution in [3.63, 3.8) is 0 Å². The number of nitrogens with one attached hydrogen (secondary N) is 1. The molecule has 0 spiro atoms. The molecule has 3 aromatic rings. The SMILES string of the molecule is COc1ccc(F)cc1CNC(=O)CCC(C)n1cc(-c2ccc(F)cc2C)cn1. The largest absolute Gasteiger partial charge is 0.496 e. The number of nitrogens with zero attached hydrogens (tertiary/aromatic N) is 2. The molecule has 1 aromatic heterocycles. The van der Waals surface area contributed by atoms with Crippen LogP contribution in [-0.4, -0.2) is 22.8 Å². The summed E-state index contributed by atoms with van der Waals surface area (Å²) in [5, 5.41) is 7.19. The number of aryl methyl sites for hydroxylation is 1. The van der Waals surface area contributed by atoms with Gasteiger partial charge in [-0.25, -0.2) is 8.78 Å². The van der Waals surface area contributed by atoms with Crippen molar-refractivity contribution in [3.8, 4) is 16.9 Å². The Morgan fingerprint density at radius 1 is 1.20 bits per heavy atom. The molecule has 1 atom stereocenters. The minimum Gasteiger partial charge on any atom is -0.496 e. The van der Waals surface area contributed by atoms with Crippen molar-refractivity contribution in [1.82, 2.24) is 15.1 Å². The van der Waals surface area contributed by atoms with Crippen molar-refractivity contribution >= 4 is 5.91 Å². The first-order valence-corrected chi connectivity index (χ1v) is 9.77. The molecule has 1 heterocycles. The lowest BCUT2D eigenvalue weighted by Gasteiger charge is -2.13. The molecule has 0 saturated carbocycles. The van der Waals surface area contributed by atoms with Crippen molar-refractivity contribution in [2.24, 2.45) is 0 Å². The number of ether oxygens (including phenoxy) is 1. The molecular formula is C23H25F2N3O2. The molecule has 1 amide bonds. The summed E-state index contributed by atoms with van der Waals surface area (Å²) in [6, 6.07) is 8.88. The molecule has 0 aliphatic carbocycles. The van der Waals surface area contributed by atoms with E-state index in [4.69, 9.17) is 4.74 Å². The van der Waals surface area contributed by atoms with E-state index < -0.39 is 0 Å². The van der Waals surface area contributed by atoms with Gasteiger partial charge in [-0.05, 0) is 61.7 Å². The van der Waals surface area contributed by atoms with Crippen molar-refractivity contribution in [1.29, 1.82) is 0 Å². The smallest absolute Gasteiger partial charge is 0.220 e. The van der Waals surface area contributed by atoms with Crippen LogP contribution < -0.4 is 10.1 Å². The predicted octanol–water partition coefficient (Wildman–Crippen LogP) is 4.80. The van der Waals surface area contributed by atoms with Crippen molar-refractivity contribution < 1.29 is 18.3 Å². The van der Waals surface area contributed by atoms with E-state index in [0.29, 0.717) is 24.2 Å². The van der Waals surface area contributed by atoms with Gasteiger partial charge in [0.1, 0.15) is 17.4 Å². The van der Waals surface area contributed by atoms with Gasteiger partial charge in [0.25, 0.3) is 0 Å². The number of methoxy groups -OCH3 is 1. The van der Waals surface area contributed by atoms with Crippen LogP contribution in [0.15, 0.2) is 48.8 Å². The molecule has 3 rings (SSSR count). The Balaban J connectivity index is 1.54. The Morgan fingerprint density at radius 2 is 1.93 bits per heavy atom. The number of halogens is 2. The highest BCUT2D eigenvalue weighted by molar-refractivity contribution is 5.76. The van der Waals surface area contributed by atoms with Crippen LogP contribution >= 0.6 is 0 Å². The van der Waals surface area contributed by atoms with Gasteiger partial charge < -0.3 is 10.1 Å². The molecule has 1 N–H and O–H groups in total. The summed E-state index contributed by atoms with van der Waals surface area (Å²) < 4.78 is 33.7. The molecule has 158 valence electrons. The van der Waals surface area contributed by atoms with Gasteiger partial charge in [-0.3, -0.25) is 9.48 Å². The van der Waals surface area contributed by atoms with Crippen molar-refractivity contribution in [3.05, 3.63) is 71.6 Å². The first-order valence-electron chi connectivity index (χ1n) is 9.77. The molecule has 0 aliphatic rings. The summed E-state index contributed by atoms with van der Waals surface area (Å²) in [6.07, 6.45) is 4.55. The standard InChI is InChI=1S/C23H25F2N3O2/c1-15-10-19(24)5-7-21(15)18-13-27-28(14-18)16(2)4-9-23(29)26-12-17-11-20(25)6-8-22(17)30-3/h5-8,10-11,13-14,16H,4,9,12H2,1-3H3,(H,26,29). The molecule has 7 heteroatoms. The summed E-state index contributed by atoms with van der Waals surface area (Å²) in [7, 11) is 1.51. The van der Waals surface area contributed by atoms with Crippen molar-refractivity contribution in [2.45, 2.75) is 39.3 Å². The number of hydrogen-bond acceptors (Lipinski definition) is 3. The van der Waals surface area contributed by atoms with E-state index in [0.717, 1.165) is 16.7 Å². The molecule has 0 saturated heterocycles. The second-order valence-corrected chi connectivity index (χ2v) is 7.29. The Labute approximate surface area is 174 Å². The summed E-state index contributed by atoms with van der Waals surface area (Å²) in [4.78, 5) is 12.2. The Morgan fingerprint density at radius 3 is 2.67 bits per heavy atom. The van der Waals surface area contributed by atoms with E-state index in [-0.39, 0.29) is 30.1 Å². The third-order valence-corrected chi connectivity index (χ3v) is 5.06. The summed E-state index contributed by atoms with van der Waals surface area (Å²) in [5.74, 6) is -0.237. The molecule has 0 fully saturated rings. The number of carbonyl (C=O) groups excluding carboxylic acids is 1. The number of aromatic nitrogens is 2. The van der Waals surface area contributed by atoms with Crippen LogP contribution in [0.3, 0.4) is 0 Å². The summed E-state index contributed by atoms with van der Waals surface area (Å²) >= 11 is 0. The highest BCUT2D eigenvalue weighted by Crippen LogP contribution is 2.25. The maximum absolute atomic E-state index is 13.4. The van der Waals surface area contributed by atoms with E-state index in [2.05, 4.69) is 10.4 Å². The van der Waals surface area contributed by atoms with Gasteiger partial charge in [0, 0.05) is 36.3 Å². The van der Waals surface area contributed by atoms with Gasteiger partial charge in [0.2, 0.25) is 5.91 Å². The van der Waals surface area contributed by atoms with E-state index in [1.165, 1.54) is 37.4 Å². The molecule has 2 aromatic carbocycles.